The third kappa shape index (κ3) is 6.52. The van der Waals surface area contributed by atoms with Crippen LogP contribution in [0.1, 0.15) is 84.1 Å². The summed E-state index contributed by atoms with van der Waals surface area (Å²) in [6.45, 7) is 9.73. The van der Waals surface area contributed by atoms with Gasteiger partial charge in [0.15, 0.2) is 10.8 Å². The van der Waals surface area contributed by atoms with Gasteiger partial charge in [-0.1, -0.05) is 48.4 Å². The minimum absolute atomic E-state index is 0.189. The smallest absolute Gasteiger partial charge is 0.358 e. The van der Waals surface area contributed by atoms with Gasteiger partial charge < -0.3 is 9.64 Å². The molecule has 1 N–H and O–H groups in total. The molecule has 1 aliphatic heterocycles. The van der Waals surface area contributed by atoms with Gasteiger partial charge in [-0.2, -0.15) is 5.10 Å². The number of anilines is 2. The van der Waals surface area contributed by atoms with Crippen LogP contribution in [0.3, 0.4) is 0 Å². The van der Waals surface area contributed by atoms with E-state index >= 15 is 0 Å². The number of nitrogens with one attached hydrogen (secondary N) is 1. The predicted molar refractivity (Wildman–Crippen MR) is 186 cm³/mol. The van der Waals surface area contributed by atoms with Gasteiger partial charge >= 0.3 is 5.97 Å². The number of aromatic nitrogens is 4. The lowest BCUT2D eigenvalue weighted by Gasteiger charge is -2.31. The molecule has 0 saturated heterocycles. The standard InChI is InChI=1S/C37H40N6O3S/c1-23-28(20-38-43(23)21-24-10-5-6-11-24)26-16-17-32(40-33(26)35(45)46-37(2,3)4)42-19-18-25-12-9-13-27(29(25)22-42)34(44)41-36-39-30-14-7-8-15-31(30)47-36/h7-9,12-17,20,24H,5-6,10-11,18-19,21-22H2,1-4H3,(H,39,41,44). The number of esters is 1. The van der Waals surface area contributed by atoms with Crippen LogP contribution in [-0.2, 0) is 24.2 Å². The van der Waals surface area contributed by atoms with Crippen molar-refractivity contribution in [3.63, 3.8) is 0 Å². The van der Waals surface area contributed by atoms with Crippen LogP contribution < -0.4 is 10.2 Å². The molecule has 4 heterocycles. The SMILES string of the molecule is Cc1c(-c2ccc(N3CCc4cccc(C(=O)Nc5nc6ccccc6s5)c4C3)nc2C(=O)OC(C)(C)C)cnn1CC1CCCC1. The van der Waals surface area contributed by atoms with Crippen molar-refractivity contribution in [1.82, 2.24) is 19.7 Å². The van der Waals surface area contributed by atoms with Crippen molar-refractivity contribution >= 4 is 44.4 Å². The Morgan fingerprint density at radius 1 is 1.00 bits per heavy atom. The first-order chi connectivity index (χ1) is 22.6. The summed E-state index contributed by atoms with van der Waals surface area (Å²) in [5.41, 5.74) is 5.77. The summed E-state index contributed by atoms with van der Waals surface area (Å²) in [6, 6.07) is 17.7. The van der Waals surface area contributed by atoms with Gasteiger partial charge in [0, 0.05) is 42.0 Å². The number of nitrogens with zero attached hydrogens (tertiary/aromatic N) is 5. The van der Waals surface area contributed by atoms with Crippen LogP contribution in [0.5, 0.6) is 0 Å². The van der Waals surface area contributed by atoms with E-state index in [1.165, 1.54) is 37.0 Å². The Balaban J connectivity index is 1.18. The number of pyridine rings is 1. The largest absolute Gasteiger partial charge is 0.455 e. The van der Waals surface area contributed by atoms with Crippen LogP contribution in [0.4, 0.5) is 10.9 Å². The Hall–Kier alpha value is -4.57. The summed E-state index contributed by atoms with van der Waals surface area (Å²) in [4.78, 5) is 38.9. The Morgan fingerprint density at radius 2 is 1.81 bits per heavy atom. The molecule has 1 amide bonds. The van der Waals surface area contributed by atoms with Crippen LogP contribution in [0.25, 0.3) is 21.3 Å². The molecule has 1 fully saturated rings. The number of para-hydroxylation sites is 1. The molecule has 0 bridgehead atoms. The maximum absolute atomic E-state index is 13.7. The topological polar surface area (TPSA) is 102 Å². The highest BCUT2D eigenvalue weighted by Crippen LogP contribution is 2.34. The molecular formula is C37H40N6O3S. The second kappa shape index (κ2) is 12.6. The van der Waals surface area contributed by atoms with Crippen molar-refractivity contribution in [2.75, 3.05) is 16.8 Å². The predicted octanol–water partition coefficient (Wildman–Crippen LogP) is 7.82. The van der Waals surface area contributed by atoms with Crippen LogP contribution in [-0.4, -0.2) is 43.8 Å². The lowest BCUT2D eigenvalue weighted by atomic mass is 9.94. The third-order valence-electron chi connectivity index (χ3n) is 9.13. The number of rotatable bonds is 7. The zero-order valence-electron chi connectivity index (χ0n) is 27.4. The van der Waals surface area contributed by atoms with Gasteiger partial charge in [0.1, 0.15) is 11.4 Å². The van der Waals surface area contributed by atoms with Crippen LogP contribution in [0.2, 0.25) is 0 Å². The van der Waals surface area contributed by atoms with Crippen molar-refractivity contribution in [1.29, 1.82) is 0 Å². The van der Waals surface area contributed by atoms with Gasteiger partial charge in [0.2, 0.25) is 0 Å². The normalized spacial score (nSPS) is 15.2. The molecule has 2 aliphatic rings. The monoisotopic (exact) mass is 648 g/mol. The molecule has 2 aromatic carbocycles. The fourth-order valence-electron chi connectivity index (χ4n) is 6.74. The Labute approximate surface area is 279 Å². The third-order valence-corrected chi connectivity index (χ3v) is 10.1. The zero-order chi connectivity index (χ0) is 32.7. The number of ether oxygens (including phenoxy) is 1. The van der Waals surface area contributed by atoms with E-state index in [1.54, 1.807) is 0 Å². The van der Waals surface area contributed by atoms with Gasteiger partial charge in [-0.25, -0.2) is 14.8 Å². The number of carbonyl (C=O) groups is 2. The molecule has 9 nitrogen and oxygen atoms in total. The lowest BCUT2D eigenvalue weighted by molar-refractivity contribution is 0.00638. The van der Waals surface area contributed by atoms with Gasteiger partial charge in [0.05, 0.1) is 16.4 Å². The number of hydrogen-bond acceptors (Lipinski definition) is 8. The highest BCUT2D eigenvalue weighted by atomic mass is 32.1. The summed E-state index contributed by atoms with van der Waals surface area (Å²) in [5, 5.41) is 8.31. The summed E-state index contributed by atoms with van der Waals surface area (Å²) in [7, 11) is 0. The lowest BCUT2D eigenvalue weighted by Crippen LogP contribution is -2.33. The maximum Gasteiger partial charge on any atom is 0.358 e. The van der Waals surface area contributed by atoms with E-state index in [2.05, 4.69) is 32.9 Å². The molecule has 0 spiro atoms. The molecule has 7 rings (SSSR count). The van der Waals surface area contributed by atoms with Gasteiger partial charge in [-0.05, 0) is 94.3 Å². The van der Waals surface area contributed by atoms with E-state index in [-0.39, 0.29) is 11.6 Å². The molecule has 10 heteroatoms. The number of thiazole rings is 1. The average molecular weight is 649 g/mol. The minimum Gasteiger partial charge on any atom is -0.455 e. The Morgan fingerprint density at radius 3 is 2.60 bits per heavy atom. The molecule has 0 atom stereocenters. The molecule has 0 unspecified atom stereocenters. The van der Waals surface area contributed by atoms with E-state index in [4.69, 9.17) is 14.8 Å². The van der Waals surface area contributed by atoms with E-state index < -0.39 is 11.6 Å². The zero-order valence-corrected chi connectivity index (χ0v) is 28.2. The quantitative estimate of drug-likeness (QED) is 0.180. The number of amides is 1. The first-order valence-corrected chi connectivity index (χ1v) is 17.2. The van der Waals surface area contributed by atoms with Crippen molar-refractivity contribution in [2.45, 2.75) is 78.5 Å². The number of benzene rings is 2. The number of fused-ring (bicyclic) bond motifs is 2. The van der Waals surface area contributed by atoms with E-state index in [9.17, 15) is 9.59 Å². The Kier molecular flexibility index (Phi) is 8.30. The molecule has 3 aromatic heterocycles. The van der Waals surface area contributed by atoms with E-state index in [1.807, 2.05) is 75.5 Å². The summed E-state index contributed by atoms with van der Waals surface area (Å²) in [5.74, 6) is 0.649. The maximum atomic E-state index is 13.7. The average Bonchev–Trinajstić information content (AvgIpc) is 3.80. The second-order valence-electron chi connectivity index (χ2n) is 13.6. The molecule has 5 aromatic rings. The first-order valence-electron chi connectivity index (χ1n) is 16.4. The summed E-state index contributed by atoms with van der Waals surface area (Å²) in [6.07, 6.45) is 7.62. The second-order valence-corrected chi connectivity index (χ2v) is 14.6. The van der Waals surface area contributed by atoms with E-state index in [0.717, 1.165) is 45.6 Å². The van der Waals surface area contributed by atoms with Gasteiger partial charge in [-0.3, -0.25) is 14.8 Å². The first kappa shape index (κ1) is 31.1. The van der Waals surface area contributed by atoms with Crippen molar-refractivity contribution in [3.8, 4) is 11.1 Å². The fourth-order valence-corrected chi connectivity index (χ4v) is 7.60. The minimum atomic E-state index is -0.677. The highest BCUT2D eigenvalue weighted by Gasteiger charge is 2.28. The molecule has 47 heavy (non-hydrogen) atoms. The number of carbonyl (C=O) groups excluding carboxylic acids is 2. The molecule has 1 saturated carbocycles. The van der Waals surface area contributed by atoms with Crippen molar-refractivity contribution in [3.05, 3.63) is 88.9 Å². The van der Waals surface area contributed by atoms with Crippen LogP contribution in [0, 0.1) is 12.8 Å². The van der Waals surface area contributed by atoms with Crippen LogP contribution >= 0.6 is 11.3 Å². The van der Waals surface area contributed by atoms with E-state index in [0.29, 0.717) is 41.1 Å². The van der Waals surface area contributed by atoms with Gasteiger partial charge in [0.25, 0.3) is 5.91 Å². The summed E-state index contributed by atoms with van der Waals surface area (Å²) < 4.78 is 8.96. The molecule has 0 radical (unpaired) electrons. The van der Waals surface area contributed by atoms with Crippen molar-refractivity contribution in [2.24, 2.45) is 5.92 Å². The summed E-state index contributed by atoms with van der Waals surface area (Å²) >= 11 is 1.46. The van der Waals surface area contributed by atoms with Gasteiger partial charge in [-0.15, -0.1) is 0 Å². The number of hydrogen-bond donors (Lipinski definition) is 1. The van der Waals surface area contributed by atoms with Crippen LogP contribution in [0.15, 0.2) is 60.8 Å². The fraction of sp³-hybridized carbons (Fsp3) is 0.378. The highest BCUT2D eigenvalue weighted by molar-refractivity contribution is 7.22. The van der Waals surface area contributed by atoms with Crippen molar-refractivity contribution < 1.29 is 14.3 Å². The molecular weight excluding hydrogens is 609 g/mol. The molecule has 1 aliphatic carbocycles. The molecule has 242 valence electrons. The Bertz CT molecular complexity index is 1930.